The van der Waals surface area contributed by atoms with Gasteiger partial charge in [-0.2, -0.15) is 0 Å². The number of carbonyl (C=O) groups is 1. The highest BCUT2D eigenvalue weighted by Crippen LogP contribution is 2.30. The predicted molar refractivity (Wildman–Crippen MR) is 91.7 cm³/mol. The van der Waals surface area contributed by atoms with E-state index in [4.69, 9.17) is 9.57 Å². The zero-order valence-electron chi connectivity index (χ0n) is 14.2. The number of rotatable bonds is 6. The molecule has 0 radical (unpaired) electrons. The minimum atomic E-state index is -3.74. The normalized spacial score (nSPS) is 18.4. The molecule has 3 rings (SSSR count). The SMILES string of the molecule is CC(=O)N1CCc2cc(S(=O)(=O)NOCCN3CCOCC3)ccc21. The monoisotopic (exact) mass is 369 g/mol. The van der Waals surface area contributed by atoms with E-state index >= 15 is 0 Å². The molecule has 2 aliphatic heterocycles. The van der Waals surface area contributed by atoms with E-state index in [0.717, 1.165) is 24.3 Å². The van der Waals surface area contributed by atoms with Gasteiger partial charge in [0.2, 0.25) is 5.91 Å². The van der Waals surface area contributed by atoms with Gasteiger partial charge < -0.3 is 9.64 Å². The Bertz CT molecular complexity index is 731. The lowest BCUT2D eigenvalue weighted by Crippen LogP contribution is -2.39. The molecule has 0 bridgehead atoms. The number of sulfonamides is 1. The van der Waals surface area contributed by atoms with Crippen molar-refractivity contribution in [3.63, 3.8) is 0 Å². The van der Waals surface area contributed by atoms with Crippen LogP contribution in [0.1, 0.15) is 12.5 Å². The summed E-state index contributed by atoms with van der Waals surface area (Å²) in [5.41, 5.74) is 1.63. The third kappa shape index (κ3) is 4.36. The van der Waals surface area contributed by atoms with Crippen molar-refractivity contribution in [2.75, 3.05) is 50.9 Å². The summed E-state index contributed by atoms with van der Waals surface area (Å²) in [7, 11) is -3.74. The number of carbonyl (C=O) groups excluding carboxylic acids is 1. The Labute approximate surface area is 147 Å². The number of fused-ring (bicyclic) bond motifs is 1. The summed E-state index contributed by atoms with van der Waals surface area (Å²) in [6.45, 7) is 6.03. The highest BCUT2D eigenvalue weighted by molar-refractivity contribution is 7.89. The summed E-state index contributed by atoms with van der Waals surface area (Å²) >= 11 is 0. The van der Waals surface area contributed by atoms with Crippen molar-refractivity contribution in [1.82, 2.24) is 9.79 Å². The van der Waals surface area contributed by atoms with Crippen LogP contribution in [-0.2, 0) is 30.8 Å². The molecule has 9 heteroatoms. The van der Waals surface area contributed by atoms with Gasteiger partial charge in [-0.3, -0.25) is 14.5 Å². The standard InChI is InChI=1S/C16H23N3O5S/c1-13(20)19-5-4-14-12-15(2-3-16(14)19)25(21,22)17-24-11-8-18-6-9-23-10-7-18/h2-3,12,17H,4-11H2,1H3. The van der Waals surface area contributed by atoms with Crippen LogP contribution in [0.15, 0.2) is 23.1 Å². The smallest absolute Gasteiger partial charge is 0.262 e. The van der Waals surface area contributed by atoms with Crippen molar-refractivity contribution in [2.24, 2.45) is 0 Å². The molecule has 0 saturated carbocycles. The topological polar surface area (TPSA) is 88.2 Å². The number of anilines is 1. The summed E-state index contributed by atoms with van der Waals surface area (Å²) in [5, 5.41) is 0. The fourth-order valence-electron chi connectivity index (χ4n) is 3.04. The average Bonchev–Trinajstić information content (AvgIpc) is 3.03. The first-order chi connectivity index (χ1) is 12.0. The van der Waals surface area contributed by atoms with Gasteiger partial charge >= 0.3 is 0 Å². The molecule has 25 heavy (non-hydrogen) atoms. The molecule has 0 aromatic heterocycles. The first kappa shape index (κ1) is 18.3. The van der Waals surface area contributed by atoms with E-state index in [1.54, 1.807) is 17.0 Å². The predicted octanol–water partition coefficient (Wildman–Crippen LogP) is 0.138. The first-order valence-corrected chi connectivity index (χ1v) is 9.80. The molecule has 138 valence electrons. The van der Waals surface area contributed by atoms with Gasteiger partial charge in [-0.25, -0.2) is 8.42 Å². The molecule has 1 N–H and O–H groups in total. The van der Waals surface area contributed by atoms with Crippen LogP contribution in [0.25, 0.3) is 0 Å². The molecule has 2 heterocycles. The Balaban J connectivity index is 1.56. The molecule has 2 aliphatic rings. The number of hydrogen-bond donors (Lipinski definition) is 1. The van der Waals surface area contributed by atoms with Gasteiger partial charge in [0.05, 0.1) is 24.7 Å². The molecule has 1 aromatic carbocycles. The molecule has 0 spiro atoms. The third-order valence-corrected chi connectivity index (χ3v) is 5.63. The summed E-state index contributed by atoms with van der Waals surface area (Å²) < 4.78 is 30.0. The fourth-order valence-corrected chi connectivity index (χ4v) is 3.92. The zero-order valence-corrected chi connectivity index (χ0v) is 15.0. The Hall–Kier alpha value is -1.52. The summed E-state index contributed by atoms with van der Waals surface area (Å²) in [4.78, 5) is 22.8. The van der Waals surface area contributed by atoms with Crippen LogP contribution in [-0.4, -0.2) is 65.2 Å². The second-order valence-electron chi connectivity index (χ2n) is 6.10. The van der Waals surface area contributed by atoms with Crippen molar-refractivity contribution in [3.8, 4) is 0 Å². The highest BCUT2D eigenvalue weighted by Gasteiger charge is 2.25. The Morgan fingerprint density at radius 1 is 1.28 bits per heavy atom. The fraction of sp³-hybridized carbons (Fsp3) is 0.562. The summed E-state index contributed by atoms with van der Waals surface area (Å²) in [5.74, 6) is -0.0427. The van der Waals surface area contributed by atoms with Crippen molar-refractivity contribution >= 4 is 21.6 Å². The van der Waals surface area contributed by atoms with E-state index in [1.165, 1.54) is 13.0 Å². The van der Waals surface area contributed by atoms with Gasteiger partial charge in [0.1, 0.15) is 0 Å². The molecule has 0 unspecified atom stereocenters. The van der Waals surface area contributed by atoms with E-state index in [-0.39, 0.29) is 17.4 Å². The van der Waals surface area contributed by atoms with Crippen molar-refractivity contribution in [1.29, 1.82) is 0 Å². The maximum atomic E-state index is 12.3. The van der Waals surface area contributed by atoms with E-state index in [9.17, 15) is 13.2 Å². The van der Waals surface area contributed by atoms with E-state index in [1.807, 2.05) is 0 Å². The number of amides is 1. The summed E-state index contributed by atoms with van der Waals surface area (Å²) in [6, 6.07) is 4.77. The molecule has 1 fully saturated rings. The molecule has 0 aliphatic carbocycles. The number of nitrogens with zero attached hydrogens (tertiary/aromatic N) is 2. The Morgan fingerprint density at radius 3 is 2.76 bits per heavy atom. The molecule has 1 aromatic rings. The highest BCUT2D eigenvalue weighted by atomic mass is 32.2. The average molecular weight is 369 g/mol. The van der Waals surface area contributed by atoms with Gasteiger partial charge in [-0.1, -0.05) is 4.89 Å². The molecular weight excluding hydrogens is 346 g/mol. The lowest BCUT2D eigenvalue weighted by molar-refractivity contribution is -0.116. The summed E-state index contributed by atoms with van der Waals surface area (Å²) in [6.07, 6.45) is 0.649. The van der Waals surface area contributed by atoms with E-state index < -0.39 is 10.0 Å². The van der Waals surface area contributed by atoms with Crippen LogP contribution in [0, 0.1) is 0 Å². The third-order valence-electron chi connectivity index (χ3n) is 4.42. The van der Waals surface area contributed by atoms with E-state index in [0.29, 0.717) is 32.7 Å². The molecule has 1 amide bonds. The molecule has 1 saturated heterocycles. The number of benzene rings is 1. The maximum absolute atomic E-state index is 12.3. The second kappa shape index (κ2) is 7.79. The largest absolute Gasteiger partial charge is 0.379 e. The molecule has 0 atom stereocenters. The van der Waals surface area contributed by atoms with Gasteiger partial charge in [0, 0.05) is 38.8 Å². The lowest BCUT2D eigenvalue weighted by Gasteiger charge is -2.26. The maximum Gasteiger partial charge on any atom is 0.262 e. The van der Waals surface area contributed by atoms with E-state index in [2.05, 4.69) is 9.79 Å². The second-order valence-corrected chi connectivity index (χ2v) is 7.75. The van der Waals surface area contributed by atoms with Crippen LogP contribution in [0.2, 0.25) is 0 Å². The number of nitrogens with one attached hydrogen (secondary N) is 1. The first-order valence-electron chi connectivity index (χ1n) is 8.32. The van der Waals surface area contributed by atoms with Crippen LogP contribution in [0.4, 0.5) is 5.69 Å². The number of hydrogen-bond acceptors (Lipinski definition) is 6. The Morgan fingerprint density at radius 2 is 2.04 bits per heavy atom. The van der Waals surface area contributed by atoms with Crippen LogP contribution < -0.4 is 9.79 Å². The van der Waals surface area contributed by atoms with Gasteiger partial charge in [0.25, 0.3) is 10.0 Å². The Kier molecular flexibility index (Phi) is 5.70. The van der Waals surface area contributed by atoms with Gasteiger partial charge in [-0.15, -0.1) is 0 Å². The van der Waals surface area contributed by atoms with Crippen molar-refractivity contribution in [2.45, 2.75) is 18.2 Å². The minimum absolute atomic E-state index is 0.0427. The van der Waals surface area contributed by atoms with Crippen molar-refractivity contribution in [3.05, 3.63) is 23.8 Å². The molecular formula is C16H23N3O5S. The van der Waals surface area contributed by atoms with Gasteiger partial charge in [0.15, 0.2) is 0 Å². The van der Waals surface area contributed by atoms with Crippen LogP contribution >= 0.6 is 0 Å². The lowest BCUT2D eigenvalue weighted by atomic mass is 10.2. The minimum Gasteiger partial charge on any atom is -0.379 e. The van der Waals surface area contributed by atoms with Crippen LogP contribution in [0.3, 0.4) is 0 Å². The molecule has 8 nitrogen and oxygen atoms in total. The van der Waals surface area contributed by atoms with Crippen molar-refractivity contribution < 1.29 is 22.8 Å². The number of morpholine rings is 1. The quantitative estimate of drug-likeness (QED) is 0.567. The zero-order chi connectivity index (χ0) is 17.9. The van der Waals surface area contributed by atoms with Crippen LogP contribution in [0.5, 0.6) is 0 Å². The van der Waals surface area contributed by atoms with Gasteiger partial charge in [-0.05, 0) is 30.2 Å². The number of ether oxygens (including phenoxy) is 1.